The van der Waals surface area contributed by atoms with Gasteiger partial charge >= 0.3 is 0 Å². The Morgan fingerprint density at radius 3 is 2.59 bits per heavy atom. The molecule has 1 aliphatic carbocycles. The topological polar surface area (TPSA) is 41.5 Å². The summed E-state index contributed by atoms with van der Waals surface area (Å²) in [5.41, 5.74) is 2.58. The van der Waals surface area contributed by atoms with Gasteiger partial charge in [0.1, 0.15) is 0 Å². The smallest absolute Gasteiger partial charge is 0.0796 e. The zero-order chi connectivity index (χ0) is 11.7. The van der Waals surface area contributed by atoms with E-state index in [-0.39, 0.29) is 12.0 Å². The van der Waals surface area contributed by atoms with Gasteiger partial charge in [0.2, 0.25) is 0 Å². The van der Waals surface area contributed by atoms with Crippen molar-refractivity contribution in [3.05, 3.63) is 35.4 Å². The minimum Gasteiger partial charge on any atom is -0.392 e. The largest absolute Gasteiger partial charge is 0.392 e. The molecule has 0 amide bonds. The molecule has 92 valence electrons. The van der Waals surface area contributed by atoms with Crippen molar-refractivity contribution in [3.63, 3.8) is 0 Å². The highest BCUT2D eigenvalue weighted by molar-refractivity contribution is 5.35. The summed E-state index contributed by atoms with van der Waals surface area (Å²) < 4.78 is 5.90. The summed E-state index contributed by atoms with van der Waals surface area (Å²) >= 11 is 0. The van der Waals surface area contributed by atoms with Crippen LogP contribution in [0.5, 0.6) is 0 Å². The summed E-state index contributed by atoms with van der Waals surface area (Å²) in [7, 11) is 0. The number of aliphatic hydroxyl groups is 1. The summed E-state index contributed by atoms with van der Waals surface area (Å²) in [6.45, 7) is 2.87. The van der Waals surface area contributed by atoms with Crippen LogP contribution in [0.15, 0.2) is 24.3 Å². The Bertz CT molecular complexity index is 378. The Morgan fingerprint density at radius 1 is 1.29 bits per heavy atom. The molecule has 0 bridgehead atoms. The monoisotopic (exact) mass is 233 g/mol. The van der Waals surface area contributed by atoms with Crippen molar-refractivity contribution in [3.8, 4) is 0 Å². The number of rotatable bonds is 3. The predicted octanol–water partition coefficient (Wildman–Crippen LogP) is 1.20. The molecule has 1 atom stereocenters. The highest BCUT2D eigenvalue weighted by Crippen LogP contribution is 2.52. The molecule has 2 aliphatic rings. The van der Waals surface area contributed by atoms with Crippen molar-refractivity contribution in [1.29, 1.82) is 0 Å². The van der Waals surface area contributed by atoms with Crippen LogP contribution in [0.4, 0.5) is 0 Å². The first-order valence-electron chi connectivity index (χ1n) is 6.38. The summed E-state index contributed by atoms with van der Waals surface area (Å²) in [6, 6.07) is 8.34. The van der Waals surface area contributed by atoms with Crippen LogP contribution in [-0.4, -0.2) is 30.9 Å². The molecule has 0 radical (unpaired) electrons. The molecule has 3 rings (SSSR count). The van der Waals surface area contributed by atoms with Crippen molar-refractivity contribution < 1.29 is 9.84 Å². The third kappa shape index (κ3) is 1.99. The van der Waals surface area contributed by atoms with E-state index in [1.54, 1.807) is 0 Å². The second kappa shape index (κ2) is 4.41. The number of hydrogen-bond donors (Lipinski definition) is 2. The molecular formula is C14H19NO2. The minimum absolute atomic E-state index is 0.120. The molecule has 2 N–H and O–H groups in total. The molecule has 1 unspecified atom stereocenters. The van der Waals surface area contributed by atoms with Gasteiger partial charge in [0.15, 0.2) is 0 Å². The number of aliphatic hydroxyl groups excluding tert-OH is 1. The second-order valence-electron chi connectivity index (χ2n) is 5.07. The molecule has 1 aromatic carbocycles. The van der Waals surface area contributed by atoms with E-state index in [4.69, 9.17) is 9.84 Å². The molecule has 1 saturated carbocycles. The number of morpholine rings is 1. The van der Waals surface area contributed by atoms with Gasteiger partial charge in [0, 0.05) is 18.5 Å². The van der Waals surface area contributed by atoms with Gasteiger partial charge in [-0.2, -0.15) is 0 Å². The number of hydrogen-bond acceptors (Lipinski definition) is 3. The molecule has 2 fully saturated rings. The van der Waals surface area contributed by atoms with E-state index in [1.165, 1.54) is 18.4 Å². The Hall–Kier alpha value is -0.900. The second-order valence-corrected chi connectivity index (χ2v) is 5.07. The Labute approximate surface area is 102 Å². The maximum atomic E-state index is 9.06. The van der Waals surface area contributed by atoms with Gasteiger partial charge in [0.25, 0.3) is 0 Å². The summed E-state index contributed by atoms with van der Waals surface area (Å²) in [5.74, 6) is 0. The average molecular weight is 233 g/mol. The van der Waals surface area contributed by atoms with E-state index >= 15 is 0 Å². The van der Waals surface area contributed by atoms with Gasteiger partial charge in [0.05, 0.1) is 19.3 Å². The van der Waals surface area contributed by atoms with Gasteiger partial charge in [-0.3, -0.25) is 0 Å². The molecule has 1 aromatic rings. The van der Waals surface area contributed by atoms with Crippen LogP contribution in [0.2, 0.25) is 0 Å². The highest BCUT2D eigenvalue weighted by atomic mass is 16.5. The highest BCUT2D eigenvalue weighted by Gasteiger charge is 2.51. The number of benzene rings is 1. The summed E-state index contributed by atoms with van der Waals surface area (Å²) in [5, 5.41) is 12.5. The standard InChI is InChI=1S/C14H19NO2/c16-10-11-1-3-12(4-2-11)14(5-6-14)13-9-15-7-8-17-13/h1-4,13,15-16H,5-10H2. The first-order chi connectivity index (χ1) is 8.35. The van der Waals surface area contributed by atoms with Crippen molar-refractivity contribution in [1.82, 2.24) is 5.32 Å². The van der Waals surface area contributed by atoms with E-state index < -0.39 is 0 Å². The summed E-state index contributed by atoms with van der Waals surface area (Å²) in [6.07, 6.45) is 2.76. The maximum absolute atomic E-state index is 9.06. The molecule has 0 aromatic heterocycles. The fourth-order valence-corrected chi connectivity index (χ4v) is 2.79. The van der Waals surface area contributed by atoms with Gasteiger partial charge in [-0.25, -0.2) is 0 Å². The zero-order valence-electron chi connectivity index (χ0n) is 9.98. The third-order valence-corrected chi connectivity index (χ3v) is 4.04. The van der Waals surface area contributed by atoms with E-state index in [1.807, 2.05) is 12.1 Å². The van der Waals surface area contributed by atoms with E-state index in [0.29, 0.717) is 6.10 Å². The summed E-state index contributed by atoms with van der Waals surface area (Å²) in [4.78, 5) is 0. The molecule has 3 heteroatoms. The van der Waals surface area contributed by atoms with Crippen molar-refractivity contribution in [2.24, 2.45) is 0 Å². The fraction of sp³-hybridized carbons (Fsp3) is 0.571. The van der Waals surface area contributed by atoms with Crippen LogP contribution in [0, 0.1) is 0 Å². The lowest BCUT2D eigenvalue weighted by Gasteiger charge is -2.31. The lowest BCUT2D eigenvalue weighted by Crippen LogP contribution is -2.45. The Balaban J connectivity index is 1.81. The van der Waals surface area contributed by atoms with E-state index in [0.717, 1.165) is 25.3 Å². The van der Waals surface area contributed by atoms with Crippen molar-refractivity contribution in [2.75, 3.05) is 19.7 Å². The van der Waals surface area contributed by atoms with Gasteiger partial charge < -0.3 is 15.2 Å². The van der Waals surface area contributed by atoms with Crippen LogP contribution in [-0.2, 0) is 16.8 Å². The lowest BCUT2D eigenvalue weighted by molar-refractivity contribution is 0.00377. The molecule has 0 spiro atoms. The molecule has 3 nitrogen and oxygen atoms in total. The average Bonchev–Trinajstić information content (AvgIpc) is 3.21. The van der Waals surface area contributed by atoms with Gasteiger partial charge in [-0.15, -0.1) is 0 Å². The van der Waals surface area contributed by atoms with Crippen molar-refractivity contribution in [2.45, 2.75) is 31.0 Å². The minimum atomic E-state index is 0.120. The first-order valence-corrected chi connectivity index (χ1v) is 6.38. The lowest BCUT2D eigenvalue weighted by atomic mass is 9.88. The van der Waals surface area contributed by atoms with E-state index in [9.17, 15) is 0 Å². The predicted molar refractivity (Wildman–Crippen MR) is 65.9 cm³/mol. The molecule has 1 aliphatic heterocycles. The van der Waals surface area contributed by atoms with Crippen LogP contribution >= 0.6 is 0 Å². The number of ether oxygens (including phenoxy) is 1. The molecule has 1 saturated heterocycles. The molecule has 1 heterocycles. The normalized spacial score (nSPS) is 26.8. The van der Waals surface area contributed by atoms with Gasteiger partial charge in [-0.1, -0.05) is 24.3 Å². The van der Waals surface area contributed by atoms with E-state index in [2.05, 4.69) is 17.4 Å². The Morgan fingerprint density at radius 2 is 2.06 bits per heavy atom. The number of nitrogens with one attached hydrogen (secondary N) is 1. The third-order valence-electron chi connectivity index (χ3n) is 4.04. The fourth-order valence-electron chi connectivity index (χ4n) is 2.79. The Kier molecular flexibility index (Phi) is 2.90. The first kappa shape index (κ1) is 11.2. The van der Waals surface area contributed by atoms with Crippen LogP contribution in [0.25, 0.3) is 0 Å². The van der Waals surface area contributed by atoms with Crippen LogP contribution in [0.1, 0.15) is 24.0 Å². The molecule has 17 heavy (non-hydrogen) atoms. The van der Waals surface area contributed by atoms with Crippen molar-refractivity contribution >= 4 is 0 Å². The zero-order valence-corrected chi connectivity index (χ0v) is 9.98. The quantitative estimate of drug-likeness (QED) is 0.824. The molecular weight excluding hydrogens is 214 g/mol. The van der Waals surface area contributed by atoms with Gasteiger partial charge in [-0.05, 0) is 24.0 Å². The van der Waals surface area contributed by atoms with Crippen LogP contribution in [0.3, 0.4) is 0 Å². The maximum Gasteiger partial charge on any atom is 0.0796 e. The van der Waals surface area contributed by atoms with Crippen LogP contribution < -0.4 is 5.32 Å². The SMILES string of the molecule is OCc1ccc(C2(C3CNCCO3)CC2)cc1.